The Morgan fingerprint density at radius 3 is 2.34 bits per heavy atom. The number of para-hydroxylation sites is 1. The number of aliphatic carboxylic acids is 1. The summed E-state index contributed by atoms with van der Waals surface area (Å²) in [4.78, 5) is 28.1. The van der Waals surface area contributed by atoms with Gasteiger partial charge in [-0.3, -0.25) is 9.59 Å². The summed E-state index contributed by atoms with van der Waals surface area (Å²) in [5, 5.41) is 9.89. The number of carboxylic acid groups (broad SMARTS) is 1. The van der Waals surface area contributed by atoms with E-state index in [9.17, 15) is 32.3 Å². The highest BCUT2D eigenvalue weighted by Gasteiger charge is 2.51. The highest BCUT2D eigenvalue weighted by atomic mass is 19.4. The van der Waals surface area contributed by atoms with E-state index in [1.54, 1.807) is 42.6 Å². The van der Waals surface area contributed by atoms with Crippen molar-refractivity contribution >= 4 is 22.8 Å². The number of aromatic nitrogens is 1. The van der Waals surface area contributed by atoms with E-state index in [-0.39, 0.29) is 36.9 Å². The second kappa shape index (κ2) is 10.4. The molecule has 2 unspecified atom stereocenters. The van der Waals surface area contributed by atoms with E-state index in [1.165, 1.54) is 21.6 Å². The number of amides is 1. The first kappa shape index (κ1) is 26.2. The third-order valence-corrected chi connectivity index (χ3v) is 7.89. The van der Waals surface area contributed by atoms with E-state index in [1.807, 2.05) is 4.90 Å². The predicted octanol–water partition coefficient (Wildman–Crippen LogP) is 5.00. The Hall–Kier alpha value is -3.40. The highest BCUT2D eigenvalue weighted by molar-refractivity contribution is 6.06. The summed E-state index contributed by atoms with van der Waals surface area (Å²) in [5.74, 6) is -4.04. The molecule has 2 aliphatic heterocycles. The van der Waals surface area contributed by atoms with Gasteiger partial charge < -0.3 is 19.5 Å². The summed E-state index contributed by atoms with van der Waals surface area (Å²) < 4.78 is 56.9. The van der Waals surface area contributed by atoms with Crippen LogP contribution in [0.25, 0.3) is 10.9 Å². The van der Waals surface area contributed by atoms with Gasteiger partial charge in [0, 0.05) is 37.1 Å². The quantitative estimate of drug-likeness (QED) is 0.455. The third-order valence-electron chi connectivity index (χ3n) is 7.89. The van der Waals surface area contributed by atoms with E-state index in [4.69, 9.17) is 0 Å². The molecule has 3 aromatic rings. The van der Waals surface area contributed by atoms with Gasteiger partial charge in [0.15, 0.2) is 0 Å². The molecule has 0 spiro atoms. The number of piperidine rings is 1. The summed E-state index contributed by atoms with van der Waals surface area (Å²) in [6.45, 7) is 0.726. The van der Waals surface area contributed by atoms with Crippen LogP contribution in [0.5, 0.6) is 0 Å². The van der Waals surface area contributed by atoms with Gasteiger partial charge in [-0.15, -0.1) is 0 Å². The van der Waals surface area contributed by atoms with E-state index in [0.717, 1.165) is 18.4 Å². The molecule has 0 radical (unpaired) electrons. The highest BCUT2D eigenvalue weighted by Crippen LogP contribution is 2.39. The van der Waals surface area contributed by atoms with E-state index in [2.05, 4.69) is 0 Å². The Balaban J connectivity index is 1.30. The smallest absolute Gasteiger partial charge is 0.393 e. The summed E-state index contributed by atoms with van der Waals surface area (Å²) >= 11 is 0. The summed E-state index contributed by atoms with van der Waals surface area (Å²) in [5.41, 5.74) is 1.66. The second-order valence-electron chi connectivity index (χ2n) is 10.3. The molecule has 6 nitrogen and oxygen atoms in total. The van der Waals surface area contributed by atoms with Crippen LogP contribution in [-0.2, 0) is 11.3 Å². The molecule has 1 amide bonds. The molecule has 38 heavy (non-hydrogen) atoms. The summed E-state index contributed by atoms with van der Waals surface area (Å²) in [6.07, 6.45) is -1.32. The van der Waals surface area contributed by atoms with Crippen LogP contribution in [0.4, 0.5) is 17.6 Å². The van der Waals surface area contributed by atoms with E-state index < -0.39 is 36.4 Å². The van der Waals surface area contributed by atoms with Crippen LogP contribution in [0, 0.1) is 17.7 Å². The van der Waals surface area contributed by atoms with Gasteiger partial charge >= 0.3 is 12.1 Å². The lowest BCUT2D eigenvalue weighted by Crippen LogP contribution is -2.41. The van der Waals surface area contributed by atoms with Crippen molar-refractivity contribution in [1.29, 1.82) is 0 Å². The number of hydrogen-bond donors (Lipinski definition) is 1. The lowest BCUT2D eigenvalue weighted by Gasteiger charge is -2.35. The summed E-state index contributed by atoms with van der Waals surface area (Å²) in [7, 11) is 0. The van der Waals surface area contributed by atoms with Crippen LogP contribution in [-0.4, -0.2) is 70.3 Å². The number of alkyl halides is 3. The first-order valence-corrected chi connectivity index (χ1v) is 12.7. The number of fused-ring (bicyclic) bond motifs is 1. The zero-order valence-corrected chi connectivity index (χ0v) is 20.7. The van der Waals surface area contributed by atoms with Gasteiger partial charge in [-0.25, -0.2) is 4.39 Å². The van der Waals surface area contributed by atoms with Crippen LogP contribution >= 0.6 is 0 Å². The largest absolute Gasteiger partial charge is 0.480 e. The number of nitrogens with zero attached hydrogens (tertiary/aromatic N) is 3. The molecule has 5 rings (SSSR count). The SMILES string of the molecule is O=C(O)Cn1ccc2cccc(C(=O)N3CC(CN4CCC(c5ccc(F)cc5)CC4)C(C(F)(F)F)C3)c21. The maximum absolute atomic E-state index is 14.1. The minimum Gasteiger partial charge on any atom is -0.480 e. The first-order valence-electron chi connectivity index (χ1n) is 12.7. The van der Waals surface area contributed by atoms with E-state index in [0.29, 0.717) is 24.0 Å². The van der Waals surface area contributed by atoms with Gasteiger partial charge in [-0.05, 0) is 61.7 Å². The fraction of sp³-hybridized carbons (Fsp3) is 0.429. The lowest BCUT2D eigenvalue weighted by atomic mass is 9.88. The van der Waals surface area contributed by atoms with Crippen molar-refractivity contribution < 1.29 is 32.3 Å². The normalized spacial score (nSPS) is 21.3. The number of benzene rings is 2. The van der Waals surface area contributed by atoms with Gasteiger partial charge in [0.1, 0.15) is 12.4 Å². The minimum atomic E-state index is -4.44. The molecule has 2 aliphatic rings. The zero-order valence-electron chi connectivity index (χ0n) is 20.7. The minimum absolute atomic E-state index is 0.0169. The number of halogens is 4. The van der Waals surface area contributed by atoms with Crippen LogP contribution < -0.4 is 0 Å². The maximum Gasteiger partial charge on any atom is 0.393 e. The van der Waals surface area contributed by atoms with Gasteiger partial charge in [0.05, 0.1) is 17.0 Å². The van der Waals surface area contributed by atoms with Gasteiger partial charge in [0.2, 0.25) is 0 Å². The number of carbonyl (C=O) groups excluding carboxylic acids is 1. The number of likely N-dealkylation sites (tertiary alicyclic amines) is 2. The molecule has 0 aliphatic carbocycles. The molecule has 2 aromatic carbocycles. The fourth-order valence-electron chi connectivity index (χ4n) is 5.99. The molecule has 0 bridgehead atoms. The fourth-order valence-corrected chi connectivity index (χ4v) is 5.99. The van der Waals surface area contributed by atoms with Crippen molar-refractivity contribution in [2.75, 3.05) is 32.7 Å². The zero-order chi connectivity index (χ0) is 27.0. The average Bonchev–Trinajstić information content (AvgIpc) is 3.49. The third kappa shape index (κ3) is 5.41. The topological polar surface area (TPSA) is 65.8 Å². The Morgan fingerprint density at radius 1 is 0.974 bits per heavy atom. The molecule has 2 fully saturated rings. The molecule has 2 atom stereocenters. The maximum atomic E-state index is 14.1. The van der Waals surface area contributed by atoms with Crippen molar-refractivity contribution in [3.05, 3.63) is 71.7 Å². The molecule has 0 saturated carbocycles. The summed E-state index contributed by atoms with van der Waals surface area (Å²) in [6, 6.07) is 13.0. The Labute approximate surface area is 217 Å². The first-order chi connectivity index (χ1) is 18.1. The van der Waals surface area contributed by atoms with Crippen molar-refractivity contribution in [2.24, 2.45) is 11.8 Å². The lowest BCUT2D eigenvalue weighted by molar-refractivity contribution is -0.181. The van der Waals surface area contributed by atoms with Crippen molar-refractivity contribution in [1.82, 2.24) is 14.4 Å². The van der Waals surface area contributed by atoms with Gasteiger partial charge in [0.25, 0.3) is 5.91 Å². The van der Waals surface area contributed by atoms with E-state index >= 15 is 0 Å². The number of carboxylic acids is 1. The number of carbonyl (C=O) groups is 2. The molecule has 202 valence electrons. The molecular formula is C28H29F4N3O3. The Kier molecular flexibility index (Phi) is 7.17. The Bertz CT molecular complexity index is 1310. The molecule has 2 saturated heterocycles. The van der Waals surface area contributed by atoms with Crippen molar-refractivity contribution in [3.63, 3.8) is 0 Å². The molecule has 1 N–H and O–H groups in total. The van der Waals surface area contributed by atoms with Gasteiger partial charge in [-0.2, -0.15) is 13.2 Å². The molecule has 3 heterocycles. The number of hydrogen-bond acceptors (Lipinski definition) is 3. The van der Waals surface area contributed by atoms with Crippen LogP contribution in [0.15, 0.2) is 54.7 Å². The predicted molar refractivity (Wildman–Crippen MR) is 133 cm³/mol. The Morgan fingerprint density at radius 2 is 1.68 bits per heavy atom. The average molecular weight is 532 g/mol. The van der Waals surface area contributed by atoms with Crippen molar-refractivity contribution in [2.45, 2.75) is 31.5 Å². The number of rotatable bonds is 6. The standard InChI is InChI=1S/C28H29F4N3O3/c29-22-6-4-18(5-7-22)19-8-11-33(12-9-19)14-21-15-35(16-24(21)28(30,31)32)27(38)23-3-1-2-20-10-13-34(26(20)23)17-25(36)37/h1-7,10,13,19,21,24H,8-9,11-12,14-17H2,(H,36,37). The van der Waals surface area contributed by atoms with Crippen LogP contribution in [0.1, 0.15) is 34.7 Å². The molecular weight excluding hydrogens is 502 g/mol. The van der Waals surface area contributed by atoms with Gasteiger partial charge in [-0.1, -0.05) is 24.3 Å². The second-order valence-corrected chi connectivity index (χ2v) is 10.3. The van der Waals surface area contributed by atoms with Crippen LogP contribution in [0.2, 0.25) is 0 Å². The monoisotopic (exact) mass is 531 g/mol. The van der Waals surface area contributed by atoms with Crippen molar-refractivity contribution in [3.8, 4) is 0 Å². The molecule has 1 aromatic heterocycles. The van der Waals surface area contributed by atoms with Crippen LogP contribution in [0.3, 0.4) is 0 Å². The molecule has 10 heteroatoms.